The minimum Gasteiger partial charge on any atom is -0.481 e. The molecule has 1 fully saturated rings. The first-order chi connectivity index (χ1) is 9.93. The van der Waals surface area contributed by atoms with Gasteiger partial charge in [0.15, 0.2) is 5.13 Å². The van der Waals surface area contributed by atoms with E-state index in [2.05, 4.69) is 24.1 Å². The second-order valence-corrected chi connectivity index (χ2v) is 7.54. The molecule has 0 amide bonds. The van der Waals surface area contributed by atoms with E-state index in [4.69, 9.17) is 4.74 Å². The Labute approximate surface area is 128 Å². The van der Waals surface area contributed by atoms with Crippen LogP contribution in [0.3, 0.4) is 0 Å². The number of fused-ring (bicyclic) bond motifs is 1. The number of ether oxygens (including phenoxy) is 1. The lowest BCUT2D eigenvalue weighted by molar-refractivity contribution is -0.138. The number of hydrogen-bond acceptors (Lipinski definition) is 5. The number of aryl methyl sites for hydroxylation is 1. The fourth-order valence-corrected chi connectivity index (χ4v) is 4.38. The average molecular weight is 310 g/mol. The first kappa shape index (κ1) is 14.8. The second kappa shape index (κ2) is 5.25. The molecule has 0 aliphatic heterocycles. The van der Waals surface area contributed by atoms with Crippen molar-refractivity contribution in [1.82, 2.24) is 4.98 Å². The molecule has 0 radical (unpaired) electrons. The zero-order valence-electron chi connectivity index (χ0n) is 12.7. The summed E-state index contributed by atoms with van der Waals surface area (Å²) in [5.74, 6) is -1.18. The van der Waals surface area contributed by atoms with Gasteiger partial charge in [-0.15, -0.1) is 11.3 Å². The highest BCUT2D eigenvalue weighted by Crippen LogP contribution is 2.46. The molecular formula is C15H22N2O3S. The molecule has 2 aliphatic carbocycles. The first-order valence-electron chi connectivity index (χ1n) is 7.54. The van der Waals surface area contributed by atoms with Crippen LogP contribution >= 0.6 is 11.3 Å². The fourth-order valence-electron chi connectivity index (χ4n) is 3.29. The molecule has 5 nitrogen and oxygen atoms in total. The largest absolute Gasteiger partial charge is 0.481 e. The SMILES string of the molecule is CCOC1CC(Nc2nc3c(s2)CCC3C(=O)O)C1(C)C. The Morgan fingerprint density at radius 1 is 1.57 bits per heavy atom. The first-order valence-corrected chi connectivity index (χ1v) is 8.35. The molecular weight excluding hydrogens is 288 g/mol. The van der Waals surface area contributed by atoms with E-state index < -0.39 is 11.9 Å². The van der Waals surface area contributed by atoms with Crippen molar-refractivity contribution in [2.75, 3.05) is 11.9 Å². The highest BCUT2D eigenvalue weighted by Gasteiger charge is 2.49. The van der Waals surface area contributed by atoms with Gasteiger partial charge in [0, 0.05) is 22.9 Å². The molecule has 3 rings (SSSR count). The van der Waals surface area contributed by atoms with Crippen LogP contribution in [-0.4, -0.2) is 34.8 Å². The van der Waals surface area contributed by atoms with Gasteiger partial charge in [0.1, 0.15) is 5.92 Å². The zero-order chi connectivity index (χ0) is 15.2. The summed E-state index contributed by atoms with van der Waals surface area (Å²) >= 11 is 1.61. The summed E-state index contributed by atoms with van der Waals surface area (Å²) in [7, 11) is 0. The Morgan fingerprint density at radius 2 is 2.33 bits per heavy atom. The topological polar surface area (TPSA) is 71.5 Å². The van der Waals surface area contributed by atoms with Gasteiger partial charge < -0.3 is 15.2 Å². The molecule has 21 heavy (non-hydrogen) atoms. The van der Waals surface area contributed by atoms with E-state index in [1.807, 2.05) is 6.92 Å². The quantitative estimate of drug-likeness (QED) is 0.875. The van der Waals surface area contributed by atoms with Crippen molar-refractivity contribution >= 4 is 22.4 Å². The number of rotatable bonds is 5. The number of nitrogens with zero attached hydrogens (tertiary/aromatic N) is 1. The van der Waals surface area contributed by atoms with E-state index in [1.165, 1.54) is 0 Å². The number of hydrogen-bond donors (Lipinski definition) is 2. The Morgan fingerprint density at radius 3 is 2.95 bits per heavy atom. The van der Waals surface area contributed by atoms with E-state index in [9.17, 15) is 9.90 Å². The van der Waals surface area contributed by atoms with Crippen LogP contribution in [0.25, 0.3) is 0 Å². The maximum atomic E-state index is 11.2. The Hall–Kier alpha value is -1.14. The minimum absolute atomic E-state index is 0.0817. The summed E-state index contributed by atoms with van der Waals surface area (Å²) in [5, 5.41) is 13.6. The number of thiazole rings is 1. The van der Waals surface area contributed by atoms with Crippen molar-refractivity contribution in [3.8, 4) is 0 Å². The van der Waals surface area contributed by atoms with Crippen molar-refractivity contribution in [2.45, 2.75) is 58.1 Å². The van der Waals surface area contributed by atoms with Crippen LogP contribution in [0.4, 0.5) is 5.13 Å². The highest BCUT2D eigenvalue weighted by molar-refractivity contribution is 7.15. The molecule has 0 aromatic carbocycles. The number of carboxylic acid groups (broad SMARTS) is 1. The highest BCUT2D eigenvalue weighted by atomic mass is 32.1. The third kappa shape index (κ3) is 2.44. The second-order valence-electron chi connectivity index (χ2n) is 6.45. The van der Waals surface area contributed by atoms with Crippen molar-refractivity contribution in [1.29, 1.82) is 0 Å². The zero-order valence-corrected chi connectivity index (χ0v) is 13.5. The monoisotopic (exact) mass is 310 g/mol. The summed E-state index contributed by atoms with van der Waals surface area (Å²) in [5.41, 5.74) is 0.853. The van der Waals surface area contributed by atoms with Crippen molar-refractivity contribution < 1.29 is 14.6 Å². The predicted octanol–water partition coefficient (Wildman–Crippen LogP) is 2.87. The Kier molecular flexibility index (Phi) is 3.69. The molecule has 1 aromatic rings. The van der Waals surface area contributed by atoms with Gasteiger partial charge in [0.05, 0.1) is 11.8 Å². The predicted molar refractivity (Wildman–Crippen MR) is 82.0 cm³/mol. The van der Waals surface area contributed by atoms with Crippen LogP contribution in [0, 0.1) is 5.41 Å². The minimum atomic E-state index is -0.758. The smallest absolute Gasteiger partial charge is 0.312 e. The van der Waals surface area contributed by atoms with Crippen LogP contribution in [0.5, 0.6) is 0 Å². The van der Waals surface area contributed by atoms with Gasteiger partial charge in [-0.05, 0) is 26.2 Å². The molecule has 1 saturated carbocycles. The maximum absolute atomic E-state index is 11.2. The van der Waals surface area contributed by atoms with Crippen LogP contribution < -0.4 is 5.32 Å². The number of aliphatic carboxylic acids is 1. The normalized spacial score (nSPS) is 29.8. The number of aromatic nitrogens is 1. The molecule has 2 N–H and O–H groups in total. The molecule has 3 atom stereocenters. The molecule has 116 valence electrons. The molecule has 0 spiro atoms. The molecule has 1 aromatic heterocycles. The van der Waals surface area contributed by atoms with E-state index in [-0.39, 0.29) is 5.41 Å². The summed E-state index contributed by atoms with van der Waals surface area (Å²) < 4.78 is 5.74. The van der Waals surface area contributed by atoms with E-state index in [0.717, 1.165) is 35.2 Å². The fraction of sp³-hybridized carbons (Fsp3) is 0.733. The summed E-state index contributed by atoms with van der Waals surface area (Å²) in [6.07, 6.45) is 2.79. The molecule has 3 unspecified atom stereocenters. The van der Waals surface area contributed by atoms with Gasteiger partial charge in [-0.2, -0.15) is 0 Å². The van der Waals surface area contributed by atoms with Gasteiger partial charge in [-0.1, -0.05) is 13.8 Å². The summed E-state index contributed by atoms with van der Waals surface area (Å²) in [6, 6.07) is 0.337. The maximum Gasteiger partial charge on any atom is 0.312 e. The number of carbonyl (C=O) groups is 1. The lowest BCUT2D eigenvalue weighted by Crippen LogP contribution is -2.58. The van der Waals surface area contributed by atoms with Gasteiger partial charge in [0.25, 0.3) is 0 Å². The number of anilines is 1. The van der Waals surface area contributed by atoms with Gasteiger partial charge in [0.2, 0.25) is 0 Å². The molecule has 6 heteroatoms. The van der Waals surface area contributed by atoms with Crippen molar-refractivity contribution in [3.05, 3.63) is 10.6 Å². The van der Waals surface area contributed by atoms with Gasteiger partial charge in [-0.25, -0.2) is 4.98 Å². The Bertz CT molecular complexity index is 555. The van der Waals surface area contributed by atoms with Crippen LogP contribution in [0.2, 0.25) is 0 Å². The van der Waals surface area contributed by atoms with E-state index >= 15 is 0 Å². The van der Waals surface area contributed by atoms with Crippen molar-refractivity contribution in [2.24, 2.45) is 5.41 Å². The van der Waals surface area contributed by atoms with Crippen molar-refractivity contribution in [3.63, 3.8) is 0 Å². The molecule has 0 saturated heterocycles. The summed E-state index contributed by atoms with van der Waals surface area (Å²) in [4.78, 5) is 16.9. The Balaban J connectivity index is 1.68. The lowest BCUT2D eigenvalue weighted by atomic mass is 9.64. The van der Waals surface area contributed by atoms with Crippen LogP contribution in [-0.2, 0) is 16.0 Å². The molecule has 1 heterocycles. The average Bonchev–Trinajstić information content (AvgIpc) is 2.96. The van der Waals surface area contributed by atoms with Crippen LogP contribution in [0.15, 0.2) is 0 Å². The van der Waals surface area contributed by atoms with E-state index in [1.54, 1.807) is 11.3 Å². The third-order valence-corrected chi connectivity index (χ3v) is 5.92. The number of carboxylic acids is 1. The summed E-state index contributed by atoms with van der Waals surface area (Å²) in [6.45, 7) is 7.17. The molecule has 0 bridgehead atoms. The standard InChI is InChI=1S/C15H22N2O3S/c1-4-20-11-7-10(15(11,2)3)16-14-17-12-8(13(18)19)5-6-9(12)21-14/h8,10-11H,4-7H2,1-3H3,(H,16,17)(H,18,19). The lowest BCUT2D eigenvalue weighted by Gasteiger charge is -2.51. The third-order valence-electron chi connectivity index (χ3n) is 4.86. The van der Waals surface area contributed by atoms with Crippen LogP contribution in [0.1, 0.15) is 50.1 Å². The van der Waals surface area contributed by atoms with E-state index in [0.29, 0.717) is 18.6 Å². The number of nitrogens with one attached hydrogen (secondary N) is 1. The van der Waals surface area contributed by atoms with Gasteiger partial charge in [-0.3, -0.25) is 4.79 Å². The molecule has 2 aliphatic rings. The van der Waals surface area contributed by atoms with Gasteiger partial charge >= 0.3 is 5.97 Å².